The molecule has 0 aliphatic rings. The Morgan fingerprint density at radius 3 is 2.14 bits per heavy atom. The maximum Gasteiger partial charge on any atom is 0.0543 e. The van der Waals surface area contributed by atoms with Crippen LogP contribution in [0.5, 0.6) is 0 Å². The van der Waals surface area contributed by atoms with Gasteiger partial charge in [-0.05, 0) is 32.6 Å². The van der Waals surface area contributed by atoms with E-state index in [0.717, 1.165) is 45.5 Å². The minimum Gasteiger partial charge on any atom is -0.382 e. The summed E-state index contributed by atoms with van der Waals surface area (Å²) in [6, 6.07) is 0. The average molecular weight is 204 g/mol. The summed E-state index contributed by atoms with van der Waals surface area (Å²) in [6.45, 7) is 5.16. The lowest BCUT2D eigenvalue weighted by atomic mass is 10.2. The summed E-state index contributed by atoms with van der Waals surface area (Å²) in [6.07, 6.45) is 3.86. The number of rotatable bonds is 10. The van der Waals surface area contributed by atoms with Gasteiger partial charge in [0.25, 0.3) is 0 Å². The molecule has 0 heterocycles. The van der Waals surface area contributed by atoms with Gasteiger partial charge in [0.2, 0.25) is 0 Å². The summed E-state index contributed by atoms with van der Waals surface area (Å²) < 4.78 is 10.6. The summed E-state index contributed by atoms with van der Waals surface area (Å²) in [4.78, 5) is 0. The summed E-state index contributed by atoms with van der Waals surface area (Å²) in [5.74, 6) is 0. The van der Waals surface area contributed by atoms with Crippen molar-refractivity contribution in [1.29, 1.82) is 0 Å². The van der Waals surface area contributed by atoms with Gasteiger partial charge in [-0.25, -0.2) is 0 Å². The molecule has 0 aromatic carbocycles. The molecule has 0 unspecified atom stereocenters. The van der Waals surface area contributed by atoms with Crippen LogP contribution in [0.4, 0.5) is 0 Å². The summed E-state index contributed by atoms with van der Waals surface area (Å²) in [7, 11) is 0. The van der Waals surface area contributed by atoms with E-state index in [0.29, 0.717) is 6.61 Å². The molecule has 0 aromatic rings. The Balaban J connectivity index is 2.85. The van der Waals surface area contributed by atoms with Crippen molar-refractivity contribution < 1.29 is 9.47 Å². The van der Waals surface area contributed by atoms with Crippen LogP contribution in [0.3, 0.4) is 0 Å². The van der Waals surface area contributed by atoms with E-state index in [2.05, 4.69) is 0 Å². The highest BCUT2D eigenvalue weighted by Gasteiger charge is 1.94. The molecule has 0 amide bonds. The van der Waals surface area contributed by atoms with Gasteiger partial charge >= 0.3 is 0 Å². The summed E-state index contributed by atoms with van der Waals surface area (Å²) >= 11 is 0. The van der Waals surface area contributed by atoms with E-state index >= 15 is 0 Å². The van der Waals surface area contributed by atoms with Crippen LogP contribution in [0.2, 0.25) is 0 Å². The Labute approximate surface area is 86.9 Å². The first kappa shape index (κ1) is 13.8. The van der Waals surface area contributed by atoms with Crippen LogP contribution in [0, 0.1) is 0 Å². The fourth-order valence-electron chi connectivity index (χ4n) is 1.05. The van der Waals surface area contributed by atoms with Gasteiger partial charge in [-0.15, -0.1) is 0 Å². The third-order valence-corrected chi connectivity index (χ3v) is 1.88. The molecule has 0 radical (unpaired) electrons. The zero-order valence-corrected chi connectivity index (χ0v) is 9.21. The van der Waals surface area contributed by atoms with E-state index in [1.165, 1.54) is 0 Å². The minimum atomic E-state index is -0.243. The van der Waals surface area contributed by atoms with Gasteiger partial charge in [0.05, 0.1) is 6.17 Å². The van der Waals surface area contributed by atoms with E-state index in [9.17, 15) is 0 Å². The fourth-order valence-corrected chi connectivity index (χ4v) is 1.05. The number of unbranched alkanes of at least 4 members (excludes halogenated alkanes) is 2. The first-order valence-corrected chi connectivity index (χ1v) is 5.44. The third kappa shape index (κ3) is 11.8. The van der Waals surface area contributed by atoms with E-state index < -0.39 is 0 Å². The quantitative estimate of drug-likeness (QED) is 0.409. The lowest BCUT2D eigenvalue weighted by molar-refractivity contribution is 0.115. The molecule has 0 fully saturated rings. The molecule has 0 saturated heterocycles. The molecular formula is C10H24N2O2. The summed E-state index contributed by atoms with van der Waals surface area (Å²) in [5, 5.41) is 0. The van der Waals surface area contributed by atoms with Crippen LogP contribution in [-0.2, 0) is 9.47 Å². The first-order valence-electron chi connectivity index (χ1n) is 5.44. The highest BCUT2D eigenvalue weighted by atomic mass is 16.5. The number of ether oxygens (including phenoxy) is 2. The van der Waals surface area contributed by atoms with Gasteiger partial charge in [-0.1, -0.05) is 0 Å². The molecular weight excluding hydrogens is 180 g/mol. The molecule has 0 bridgehead atoms. The van der Waals surface area contributed by atoms with Crippen LogP contribution >= 0.6 is 0 Å². The monoisotopic (exact) mass is 204 g/mol. The van der Waals surface area contributed by atoms with Crippen molar-refractivity contribution in [2.75, 3.05) is 26.4 Å². The number of hydrogen-bond donors (Lipinski definition) is 2. The van der Waals surface area contributed by atoms with E-state index in [1.807, 2.05) is 6.92 Å². The molecule has 0 aliphatic carbocycles. The van der Waals surface area contributed by atoms with Crippen LogP contribution in [0.15, 0.2) is 0 Å². The Morgan fingerprint density at radius 2 is 1.57 bits per heavy atom. The molecule has 4 N–H and O–H groups in total. The highest BCUT2D eigenvalue weighted by molar-refractivity contribution is 4.48. The smallest absolute Gasteiger partial charge is 0.0543 e. The largest absolute Gasteiger partial charge is 0.382 e. The Kier molecular flexibility index (Phi) is 10.8. The van der Waals surface area contributed by atoms with Gasteiger partial charge in [0.1, 0.15) is 0 Å². The maximum atomic E-state index is 5.37. The molecule has 0 aromatic heterocycles. The Hall–Kier alpha value is -0.160. The van der Waals surface area contributed by atoms with Gasteiger partial charge in [0, 0.05) is 26.4 Å². The molecule has 14 heavy (non-hydrogen) atoms. The Bertz CT molecular complexity index is 110. The molecule has 86 valence electrons. The van der Waals surface area contributed by atoms with Crippen molar-refractivity contribution in [1.82, 2.24) is 0 Å². The Morgan fingerprint density at radius 1 is 0.929 bits per heavy atom. The minimum absolute atomic E-state index is 0.243. The number of hydrogen-bond acceptors (Lipinski definition) is 4. The van der Waals surface area contributed by atoms with Crippen molar-refractivity contribution in [3.05, 3.63) is 0 Å². The van der Waals surface area contributed by atoms with Gasteiger partial charge in [0.15, 0.2) is 0 Å². The SMILES string of the molecule is CCOCCCCCOCCC(N)N. The van der Waals surface area contributed by atoms with E-state index in [1.54, 1.807) is 0 Å². The lowest BCUT2D eigenvalue weighted by Crippen LogP contribution is -2.31. The van der Waals surface area contributed by atoms with Crippen LogP contribution in [0.1, 0.15) is 32.6 Å². The lowest BCUT2D eigenvalue weighted by Gasteiger charge is -2.06. The second-order valence-corrected chi connectivity index (χ2v) is 3.32. The zero-order chi connectivity index (χ0) is 10.6. The normalized spacial score (nSPS) is 11.1. The van der Waals surface area contributed by atoms with Crippen molar-refractivity contribution in [3.8, 4) is 0 Å². The maximum absolute atomic E-state index is 5.37. The number of nitrogens with two attached hydrogens (primary N) is 2. The fraction of sp³-hybridized carbons (Fsp3) is 1.00. The van der Waals surface area contributed by atoms with E-state index in [-0.39, 0.29) is 6.17 Å². The standard InChI is InChI=1S/C10H24N2O2/c1-2-13-7-4-3-5-8-14-9-6-10(11)12/h10H,2-9,11-12H2,1H3. The van der Waals surface area contributed by atoms with Crippen LogP contribution < -0.4 is 11.5 Å². The molecule has 0 spiro atoms. The van der Waals surface area contributed by atoms with E-state index in [4.69, 9.17) is 20.9 Å². The predicted molar refractivity (Wildman–Crippen MR) is 57.9 cm³/mol. The topological polar surface area (TPSA) is 70.5 Å². The summed E-state index contributed by atoms with van der Waals surface area (Å²) in [5.41, 5.74) is 10.7. The van der Waals surface area contributed by atoms with Crippen molar-refractivity contribution >= 4 is 0 Å². The molecule has 0 saturated carbocycles. The second-order valence-electron chi connectivity index (χ2n) is 3.32. The predicted octanol–water partition coefficient (Wildman–Crippen LogP) is 0.843. The second kappa shape index (κ2) is 10.9. The molecule has 0 rings (SSSR count). The first-order chi connectivity index (χ1) is 6.77. The van der Waals surface area contributed by atoms with Gasteiger partial charge in [-0.3, -0.25) is 0 Å². The van der Waals surface area contributed by atoms with Crippen molar-refractivity contribution in [2.24, 2.45) is 11.5 Å². The molecule has 0 aliphatic heterocycles. The van der Waals surface area contributed by atoms with Gasteiger partial charge in [-0.2, -0.15) is 0 Å². The zero-order valence-electron chi connectivity index (χ0n) is 9.21. The van der Waals surface area contributed by atoms with Crippen LogP contribution in [-0.4, -0.2) is 32.6 Å². The van der Waals surface area contributed by atoms with Crippen LogP contribution in [0.25, 0.3) is 0 Å². The molecule has 0 atom stereocenters. The highest BCUT2D eigenvalue weighted by Crippen LogP contribution is 1.97. The molecule has 4 heteroatoms. The third-order valence-electron chi connectivity index (χ3n) is 1.88. The average Bonchev–Trinajstić information content (AvgIpc) is 2.15. The van der Waals surface area contributed by atoms with Crippen molar-refractivity contribution in [2.45, 2.75) is 38.8 Å². The van der Waals surface area contributed by atoms with Crippen molar-refractivity contribution in [3.63, 3.8) is 0 Å². The van der Waals surface area contributed by atoms with Gasteiger partial charge < -0.3 is 20.9 Å². The molecule has 4 nitrogen and oxygen atoms in total.